The Hall–Kier alpha value is -0.480. The second-order valence-corrected chi connectivity index (χ2v) is 7.39. The molecule has 2 atom stereocenters. The van der Waals surface area contributed by atoms with Gasteiger partial charge < -0.3 is 5.32 Å². The average molecular weight is 267 g/mol. The maximum absolute atomic E-state index is 4.26. The molecule has 1 N–H and O–H groups in total. The zero-order chi connectivity index (χ0) is 13.2. The summed E-state index contributed by atoms with van der Waals surface area (Å²) in [4.78, 5) is 1.29. The predicted molar refractivity (Wildman–Crippen MR) is 77.9 cm³/mol. The lowest BCUT2D eigenvalue weighted by Crippen LogP contribution is -2.44. The van der Waals surface area contributed by atoms with Gasteiger partial charge in [0.1, 0.15) is 0 Å². The van der Waals surface area contributed by atoms with Crippen LogP contribution in [0.2, 0.25) is 0 Å². The van der Waals surface area contributed by atoms with Crippen LogP contribution in [-0.4, -0.2) is 27.6 Å². The number of rotatable bonds is 4. The van der Waals surface area contributed by atoms with E-state index in [1.54, 1.807) is 0 Å². The van der Waals surface area contributed by atoms with Gasteiger partial charge in [0.2, 0.25) is 0 Å². The van der Waals surface area contributed by atoms with E-state index in [9.17, 15) is 0 Å². The number of aryl methyl sites for hydroxylation is 1. The minimum Gasteiger partial charge on any atom is -0.313 e. The molecule has 0 radical (unpaired) electrons. The Morgan fingerprint density at radius 2 is 2.33 bits per heavy atom. The van der Waals surface area contributed by atoms with Crippen molar-refractivity contribution in [1.29, 1.82) is 0 Å². The molecule has 0 spiro atoms. The summed E-state index contributed by atoms with van der Waals surface area (Å²) < 4.78 is 1.89. The normalized spacial score (nSPS) is 27.3. The molecule has 0 aliphatic heterocycles. The summed E-state index contributed by atoms with van der Waals surface area (Å²) in [6.45, 7) is 8.05. The van der Waals surface area contributed by atoms with Crippen LogP contribution < -0.4 is 5.32 Å². The first kappa shape index (κ1) is 13.9. The third kappa shape index (κ3) is 3.51. The summed E-state index contributed by atoms with van der Waals surface area (Å²) in [5, 5.41) is 8.58. The van der Waals surface area contributed by atoms with Crippen LogP contribution in [0, 0.1) is 5.41 Å². The Morgan fingerprint density at radius 1 is 1.56 bits per heavy atom. The molecular weight excluding hydrogens is 242 g/mol. The van der Waals surface area contributed by atoms with Crippen LogP contribution in [0.3, 0.4) is 0 Å². The van der Waals surface area contributed by atoms with Gasteiger partial charge in [-0.1, -0.05) is 20.8 Å². The van der Waals surface area contributed by atoms with Gasteiger partial charge in [-0.3, -0.25) is 4.68 Å². The van der Waals surface area contributed by atoms with Gasteiger partial charge in [0.25, 0.3) is 0 Å². The minimum absolute atomic E-state index is 0.478. The van der Waals surface area contributed by atoms with Gasteiger partial charge in [-0.25, -0.2) is 0 Å². The fourth-order valence-electron chi connectivity index (χ4n) is 2.78. The van der Waals surface area contributed by atoms with Gasteiger partial charge in [0.05, 0.1) is 6.20 Å². The summed E-state index contributed by atoms with van der Waals surface area (Å²) >= 11 is 1.99. The Morgan fingerprint density at radius 3 is 2.94 bits per heavy atom. The molecule has 1 aromatic rings. The lowest BCUT2D eigenvalue weighted by Gasteiger charge is -2.40. The van der Waals surface area contributed by atoms with Crippen LogP contribution in [0.1, 0.15) is 40.0 Å². The largest absolute Gasteiger partial charge is 0.313 e. The molecule has 3 nitrogen and oxygen atoms in total. The molecule has 1 aliphatic rings. The standard InChI is InChI=1S/C14H25N3S/c1-5-15-12-6-7-14(2,3)8-13(12)18-11-9-16-17(4)10-11/h9-10,12-13,15H,5-8H2,1-4H3. The Bertz CT molecular complexity index is 386. The van der Waals surface area contributed by atoms with Crippen molar-refractivity contribution in [3.8, 4) is 0 Å². The molecule has 2 unspecified atom stereocenters. The molecule has 0 saturated heterocycles. The van der Waals surface area contributed by atoms with E-state index in [-0.39, 0.29) is 0 Å². The molecule has 1 aliphatic carbocycles. The van der Waals surface area contributed by atoms with E-state index in [4.69, 9.17) is 0 Å². The van der Waals surface area contributed by atoms with E-state index in [1.165, 1.54) is 24.2 Å². The molecule has 1 aromatic heterocycles. The monoisotopic (exact) mass is 267 g/mol. The zero-order valence-corrected chi connectivity index (χ0v) is 12.8. The van der Waals surface area contributed by atoms with E-state index in [0.717, 1.165) is 6.54 Å². The van der Waals surface area contributed by atoms with E-state index < -0.39 is 0 Å². The molecule has 1 saturated carbocycles. The van der Waals surface area contributed by atoms with Crippen molar-refractivity contribution in [3.63, 3.8) is 0 Å². The van der Waals surface area contributed by atoms with E-state index in [2.05, 4.69) is 37.4 Å². The first-order valence-corrected chi connectivity index (χ1v) is 7.77. The van der Waals surface area contributed by atoms with E-state index >= 15 is 0 Å². The number of aromatic nitrogens is 2. The van der Waals surface area contributed by atoms with E-state index in [1.807, 2.05) is 29.7 Å². The van der Waals surface area contributed by atoms with Crippen LogP contribution >= 0.6 is 11.8 Å². The van der Waals surface area contributed by atoms with Crippen LogP contribution in [0.15, 0.2) is 17.3 Å². The van der Waals surface area contributed by atoms with Crippen LogP contribution in [-0.2, 0) is 7.05 Å². The highest BCUT2D eigenvalue weighted by Crippen LogP contribution is 2.42. The maximum atomic E-state index is 4.26. The van der Waals surface area contributed by atoms with Crippen molar-refractivity contribution in [2.45, 2.75) is 56.2 Å². The van der Waals surface area contributed by atoms with Crippen molar-refractivity contribution in [2.24, 2.45) is 12.5 Å². The van der Waals surface area contributed by atoms with Gasteiger partial charge >= 0.3 is 0 Å². The van der Waals surface area contributed by atoms with Gasteiger partial charge in [-0.2, -0.15) is 5.10 Å². The third-order valence-corrected chi connectivity index (χ3v) is 5.05. The summed E-state index contributed by atoms with van der Waals surface area (Å²) in [6.07, 6.45) is 8.00. The van der Waals surface area contributed by atoms with E-state index in [0.29, 0.717) is 16.7 Å². The Balaban J connectivity index is 2.05. The number of hydrogen-bond acceptors (Lipinski definition) is 3. The molecule has 0 amide bonds. The molecule has 0 aromatic carbocycles. The molecule has 0 bridgehead atoms. The van der Waals surface area contributed by atoms with Crippen molar-refractivity contribution >= 4 is 11.8 Å². The highest BCUT2D eigenvalue weighted by atomic mass is 32.2. The van der Waals surface area contributed by atoms with Gasteiger partial charge in [0.15, 0.2) is 0 Å². The lowest BCUT2D eigenvalue weighted by molar-refractivity contribution is 0.215. The number of nitrogens with zero attached hydrogens (tertiary/aromatic N) is 2. The first-order chi connectivity index (χ1) is 8.50. The van der Waals surface area contributed by atoms with Gasteiger partial charge in [-0.15, -0.1) is 11.8 Å². The van der Waals surface area contributed by atoms with Crippen LogP contribution in [0.4, 0.5) is 0 Å². The molecule has 1 fully saturated rings. The second kappa shape index (κ2) is 5.66. The Kier molecular flexibility index (Phi) is 4.38. The molecule has 1 heterocycles. The summed E-state index contributed by atoms with van der Waals surface area (Å²) in [5.41, 5.74) is 0.478. The number of thioether (sulfide) groups is 1. The molecule has 18 heavy (non-hydrogen) atoms. The van der Waals surface area contributed by atoms with Crippen LogP contribution in [0.5, 0.6) is 0 Å². The summed E-state index contributed by atoms with van der Waals surface area (Å²) in [6, 6.07) is 0.647. The van der Waals surface area contributed by atoms with Gasteiger partial charge in [-0.05, 0) is 31.2 Å². The number of nitrogens with one attached hydrogen (secondary N) is 1. The quantitative estimate of drug-likeness (QED) is 0.909. The van der Waals surface area contributed by atoms with Crippen molar-refractivity contribution in [3.05, 3.63) is 12.4 Å². The SMILES string of the molecule is CCNC1CCC(C)(C)CC1Sc1cnn(C)c1. The lowest BCUT2D eigenvalue weighted by atomic mass is 9.75. The molecule has 102 valence electrons. The maximum Gasteiger partial charge on any atom is 0.0625 e. The van der Waals surface area contributed by atoms with Crippen molar-refractivity contribution in [2.75, 3.05) is 6.54 Å². The van der Waals surface area contributed by atoms with Gasteiger partial charge in [0, 0.05) is 29.4 Å². The van der Waals surface area contributed by atoms with Crippen LogP contribution in [0.25, 0.3) is 0 Å². The minimum atomic E-state index is 0.478. The third-order valence-electron chi connectivity index (χ3n) is 3.77. The average Bonchev–Trinajstić information content (AvgIpc) is 2.68. The fourth-order valence-corrected chi connectivity index (χ4v) is 4.38. The first-order valence-electron chi connectivity index (χ1n) is 6.89. The fraction of sp³-hybridized carbons (Fsp3) is 0.786. The topological polar surface area (TPSA) is 29.9 Å². The second-order valence-electron chi connectivity index (χ2n) is 6.08. The van der Waals surface area contributed by atoms with Crippen molar-refractivity contribution in [1.82, 2.24) is 15.1 Å². The Labute approximate surface area is 115 Å². The zero-order valence-electron chi connectivity index (χ0n) is 11.9. The highest BCUT2D eigenvalue weighted by Gasteiger charge is 2.35. The highest BCUT2D eigenvalue weighted by molar-refractivity contribution is 8.00. The van der Waals surface area contributed by atoms with Crippen molar-refractivity contribution < 1.29 is 0 Å². The summed E-state index contributed by atoms with van der Waals surface area (Å²) in [7, 11) is 1.98. The smallest absolute Gasteiger partial charge is 0.0625 e. The molecular formula is C14H25N3S. The number of hydrogen-bond donors (Lipinski definition) is 1. The molecule has 4 heteroatoms. The predicted octanol–water partition coefficient (Wildman–Crippen LogP) is 3.07. The molecule has 2 rings (SSSR count). The summed E-state index contributed by atoms with van der Waals surface area (Å²) in [5.74, 6) is 0.